The van der Waals surface area contributed by atoms with E-state index in [9.17, 15) is 9.59 Å². The number of amides is 1. The minimum absolute atomic E-state index is 0.00318. The minimum Gasteiger partial charge on any atom is -0.497 e. The summed E-state index contributed by atoms with van der Waals surface area (Å²) in [6, 6.07) is 7.92. The van der Waals surface area contributed by atoms with E-state index in [1.165, 1.54) is 22.5 Å². The molecule has 126 valence electrons. The molecule has 5 heteroatoms. The third kappa shape index (κ3) is 3.67. The Kier molecular flexibility index (Phi) is 5.00. The van der Waals surface area contributed by atoms with Gasteiger partial charge in [-0.2, -0.15) is 0 Å². The number of ether oxygens (including phenoxy) is 1. The fourth-order valence-corrected chi connectivity index (χ4v) is 3.97. The van der Waals surface area contributed by atoms with Gasteiger partial charge in [-0.1, -0.05) is 6.07 Å². The molecular weight excluding hydrogens is 322 g/mol. The summed E-state index contributed by atoms with van der Waals surface area (Å²) in [5.41, 5.74) is 3.33. The molecule has 1 aromatic heterocycles. The highest BCUT2D eigenvalue weighted by Crippen LogP contribution is 2.32. The van der Waals surface area contributed by atoms with E-state index in [1.54, 1.807) is 14.0 Å². The van der Waals surface area contributed by atoms with Gasteiger partial charge in [-0.25, -0.2) is 0 Å². The molecule has 0 unspecified atom stereocenters. The number of benzene rings is 1. The van der Waals surface area contributed by atoms with Crippen LogP contribution in [-0.2, 0) is 17.6 Å². The van der Waals surface area contributed by atoms with E-state index in [0.29, 0.717) is 11.3 Å². The standard InChI is InChI=1S/C19H21NO3S/c1-12(21)18-8-13(11-24-18)9-19(22)20-17-5-3-4-14-10-15(23-2)6-7-16(14)17/h6-8,10-11,17H,3-5,9H2,1-2H3,(H,20,22)/t17-/m1/s1. The van der Waals surface area contributed by atoms with Gasteiger partial charge in [0.2, 0.25) is 5.91 Å². The Bertz CT molecular complexity index is 766. The maximum atomic E-state index is 12.4. The number of carbonyl (C=O) groups excluding carboxylic acids is 2. The quantitative estimate of drug-likeness (QED) is 0.842. The summed E-state index contributed by atoms with van der Waals surface area (Å²) in [4.78, 5) is 24.4. The average molecular weight is 343 g/mol. The van der Waals surface area contributed by atoms with Crippen LogP contribution < -0.4 is 10.1 Å². The Morgan fingerprint density at radius 3 is 2.88 bits per heavy atom. The monoisotopic (exact) mass is 343 g/mol. The van der Waals surface area contributed by atoms with Crippen LogP contribution in [0.4, 0.5) is 0 Å². The van der Waals surface area contributed by atoms with Crippen molar-refractivity contribution in [2.24, 2.45) is 0 Å². The van der Waals surface area contributed by atoms with Crippen molar-refractivity contribution in [3.05, 3.63) is 51.2 Å². The third-order valence-corrected chi connectivity index (χ3v) is 5.44. The van der Waals surface area contributed by atoms with Crippen LogP contribution in [0.25, 0.3) is 0 Å². The second-order valence-corrected chi connectivity index (χ2v) is 7.04. The zero-order chi connectivity index (χ0) is 17.1. The highest BCUT2D eigenvalue weighted by molar-refractivity contribution is 7.12. The topological polar surface area (TPSA) is 55.4 Å². The molecule has 1 atom stereocenters. The molecule has 1 aromatic carbocycles. The Morgan fingerprint density at radius 2 is 2.17 bits per heavy atom. The van der Waals surface area contributed by atoms with Crippen LogP contribution >= 0.6 is 11.3 Å². The van der Waals surface area contributed by atoms with Crippen molar-refractivity contribution in [2.45, 2.75) is 38.6 Å². The molecule has 0 saturated carbocycles. The predicted molar refractivity (Wildman–Crippen MR) is 94.8 cm³/mol. The van der Waals surface area contributed by atoms with E-state index in [4.69, 9.17) is 4.74 Å². The molecule has 4 nitrogen and oxygen atoms in total. The summed E-state index contributed by atoms with van der Waals surface area (Å²) in [5.74, 6) is 0.897. The molecule has 1 aliphatic carbocycles. The molecule has 1 amide bonds. The highest BCUT2D eigenvalue weighted by atomic mass is 32.1. The lowest BCUT2D eigenvalue weighted by Crippen LogP contribution is -2.32. The molecule has 3 rings (SSSR count). The predicted octanol–water partition coefficient (Wildman–Crippen LogP) is 3.70. The molecule has 0 saturated heterocycles. The first-order valence-corrected chi connectivity index (χ1v) is 8.99. The van der Waals surface area contributed by atoms with Crippen molar-refractivity contribution in [3.63, 3.8) is 0 Å². The molecule has 0 radical (unpaired) electrons. The van der Waals surface area contributed by atoms with Gasteiger partial charge in [-0.3, -0.25) is 9.59 Å². The molecule has 24 heavy (non-hydrogen) atoms. The summed E-state index contributed by atoms with van der Waals surface area (Å²) in [5, 5.41) is 5.02. The van der Waals surface area contributed by atoms with E-state index >= 15 is 0 Å². The van der Waals surface area contributed by atoms with E-state index in [-0.39, 0.29) is 17.7 Å². The molecule has 1 aliphatic rings. The van der Waals surface area contributed by atoms with Gasteiger partial charge in [-0.05, 0) is 66.5 Å². The zero-order valence-corrected chi connectivity index (χ0v) is 14.7. The lowest BCUT2D eigenvalue weighted by molar-refractivity contribution is -0.121. The van der Waals surface area contributed by atoms with Gasteiger partial charge in [0, 0.05) is 0 Å². The molecule has 0 spiro atoms. The number of fused-ring (bicyclic) bond motifs is 1. The van der Waals surface area contributed by atoms with Crippen molar-refractivity contribution in [1.29, 1.82) is 0 Å². The summed E-state index contributed by atoms with van der Waals surface area (Å²) >= 11 is 1.39. The Balaban J connectivity index is 1.68. The molecule has 0 fully saturated rings. The van der Waals surface area contributed by atoms with Crippen molar-refractivity contribution in [2.75, 3.05) is 7.11 Å². The second kappa shape index (κ2) is 7.18. The number of Topliss-reactive ketones (excluding diaryl/α,β-unsaturated/α-hetero) is 1. The van der Waals surface area contributed by atoms with Crippen LogP contribution in [0.1, 0.15) is 52.2 Å². The lowest BCUT2D eigenvalue weighted by Gasteiger charge is -2.26. The number of methoxy groups -OCH3 is 1. The van der Waals surface area contributed by atoms with Gasteiger partial charge >= 0.3 is 0 Å². The lowest BCUT2D eigenvalue weighted by atomic mass is 9.87. The molecule has 1 N–H and O–H groups in total. The van der Waals surface area contributed by atoms with Crippen LogP contribution in [0.2, 0.25) is 0 Å². The molecule has 2 aromatic rings. The SMILES string of the molecule is COc1ccc2c(c1)CCC[C@H]2NC(=O)Cc1csc(C(C)=O)c1. The van der Waals surface area contributed by atoms with E-state index in [1.807, 2.05) is 17.5 Å². The van der Waals surface area contributed by atoms with Gasteiger partial charge in [0.25, 0.3) is 0 Å². The second-order valence-electron chi connectivity index (χ2n) is 6.13. The number of carbonyl (C=O) groups is 2. The fraction of sp³-hybridized carbons (Fsp3) is 0.368. The van der Waals surface area contributed by atoms with Gasteiger partial charge in [-0.15, -0.1) is 11.3 Å². The third-order valence-electron chi connectivity index (χ3n) is 4.37. The normalized spacial score (nSPS) is 16.3. The smallest absolute Gasteiger partial charge is 0.224 e. The average Bonchev–Trinajstić information content (AvgIpc) is 3.03. The Morgan fingerprint density at radius 1 is 1.33 bits per heavy atom. The van der Waals surface area contributed by atoms with Gasteiger partial charge in [0.05, 0.1) is 24.4 Å². The molecule has 0 aliphatic heterocycles. The fourth-order valence-electron chi connectivity index (χ4n) is 3.15. The van der Waals surface area contributed by atoms with E-state index in [2.05, 4.69) is 17.4 Å². The Labute approximate surface area is 145 Å². The summed E-state index contributed by atoms with van der Waals surface area (Å²) in [6.07, 6.45) is 3.34. The van der Waals surface area contributed by atoms with Crippen molar-refractivity contribution in [1.82, 2.24) is 5.32 Å². The summed E-state index contributed by atoms with van der Waals surface area (Å²) < 4.78 is 5.28. The first kappa shape index (κ1) is 16.7. The zero-order valence-electron chi connectivity index (χ0n) is 13.9. The number of nitrogens with one attached hydrogen (secondary N) is 1. The number of ketones is 1. The van der Waals surface area contributed by atoms with Gasteiger partial charge < -0.3 is 10.1 Å². The Hall–Kier alpha value is -2.14. The van der Waals surface area contributed by atoms with E-state index in [0.717, 1.165) is 30.6 Å². The molecule has 0 bridgehead atoms. The number of thiophene rings is 1. The van der Waals surface area contributed by atoms with Crippen LogP contribution in [0, 0.1) is 0 Å². The van der Waals surface area contributed by atoms with Gasteiger partial charge in [0.1, 0.15) is 5.75 Å². The van der Waals surface area contributed by atoms with Crippen LogP contribution in [0.5, 0.6) is 5.75 Å². The van der Waals surface area contributed by atoms with Crippen LogP contribution in [0.3, 0.4) is 0 Å². The number of rotatable bonds is 5. The highest BCUT2D eigenvalue weighted by Gasteiger charge is 2.22. The number of hydrogen-bond donors (Lipinski definition) is 1. The first-order chi connectivity index (χ1) is 11.6. The summed E-state index contributed by atoms with van der Waals surface area (Å²) in [7, 11) is 1.67. The molecule has 1 heterocycles. The molecular formula is C19H21NO3S. The number of aryl methyl sites for hydroxylation is 1. The largest absolute Gasteiger partial charge is 0.497 e. The maximum absolute atomic E-state index is 12.4. The van der Waals surface area contributed by atoms with E-state index < -0.39 is 0 Å². The van der Waals surface area contributed by atoms with Crippen LogP contribution in [-0.4, -0.2) is 18.8 Å². The van der Waals surface area contributed by atoms with Crippen molar-refractivity contribution >= 4 is 23.0 Å². The first-order valence-electron chi connectivity index (χ1n) is 8.11. The van der Waals surface area contributed by atoms with Crippen molar-refractivity contribution in [3.8, 4) is 5.75 Å². The minimum atomic E-state index is -0.00318. The summed E-state index contributed by atoms with van der Waals surface area (Å²) in [6.45, 7) is 1.54. The van der Waals surface area contributed by atoms with Crippen molar-refractivity contribution < 1.29 is 14.3 Å². The van der Waals surface area contributed by atoms with Crippen LogP contribution in [0.15, 0.2) is 29.6 Å². The van der Waals surface area contributed by atoms with Gasteiger partial charge in [0.15, 0.2) is 5.78 Å². The number of hydrogen-bond acceptors (Lipinski definition) is 4. The maximum Gasteiger partial charge on any atom is 0.224 e.